The van der Waals surface area contributed by atoms with Gasteiger partial charge in [0.1, 0.15) is 16.8 Å². The molecule has 4 aromatic rings. The molecule has 0 atom stereocenters. The highest BCUT2D eigenvalue weighted by atomic mass is 16.4. The Kier molecular flexibility index (Phi) is 4.19. The topological polar surface area (TPSA) is 166 Å². The van der Waals surface area contributed by atoms with E-state index in [4.69, 9.17) is 10.2 Å². The maximum absolute atomic E-state index is 12.6. The Bertz CT molecular complexity index is 1310. The molecule has 0 aliphatic heterocycles. The van der Waals surface area contributed by atoms with E-state index in [9.17, 15) is 19.5 Å². The van der Waals surface area contributed by atoms with E-state index in [1.807, 2.05) is 0 Å². The van der Waals surface area contributed by atoms with Gasteiger partial charge in [0.15, 0.2) is 22.8 Å². The third kappa shape index (κ3) is 3.25. The van der Waals surface area contributed by atoms with Gasteiger partial charge in [-0.1, -0.05) is 6.07 Å². The van der Waals surface area contributed by atoms with Crippen LogP contribution in [0.3, 0.4) is 0 Å². The zero-order valence-electron chi connectivity index (χ0n) is 15.0. The number of hydrogen-bond donors (Lipinski definition) is 3. The minimum Gasteiger partial charge on any atom is -0.477 e. The first-order chi connectivity index (χ1) is 13.8. The molecule has 0 aliphatic carbocycles. The molecule has 11 heteroatoms. The van der Waals surface area contributed by atoms with Gasteiger partial charge in [-0.15, -0.1) is 0 Å². The number of carboxylic acid groups (broad SMARTS) is 1. The summed E-state index contributed by atoms with van der Waals surface area (Å²) in [5.41, 5.74) is 6.61. The van der Waals surface area contributed by atoms with E-state index in [1.54, 1.807) is 25.1 Å². The summed E-state index contributed by atoms with van der Waals surface area (Å²) in [5, 5.41) is 15.9. The molecule has 4 N–H and O–H groups in total. The number of rotatable bonds is 5. The number of amides is 2. The molecule has 0 radical (unpaired) electrons. The highest BCUT2D eigenvalue weighted by molar-refractivity contribution is 6.01. The molecule has 0 unspecified atom stereocenters. The summed E-state index contributed by atoms with van der Waals surface area (Å²) in [6.07, 6.45) is 1.11. The van der Waals surface area contributed by atoms with E-state index < -0.39 is 17.8 Å². The van der Waals surface area contributed by atoms with Gasteiger partial charge < -0.3 is 20.6 Å². The van der Waals surface area contributed by atoms with Gasteiger partial charge in [0.05, 0.1) is 6.20 Å². The fourth-order valence-electron chi connectivity index (χ4n) is 2.88. The number of benzene rings is 1. The number of carbonyl (C=O) groups is 3. The summed E-state index contributed by atoms with van der Waals surface area (Å²) in [6, 6.07) is 6.37. The first-order valence-corrected chi connectivity index (χ1v) is 8.39. The van der Waals surface area contributed by atoms with Crippen molar-refractivity contribution >= 4 is 34.5 Å². The average Bonchev–Trinajstić information content (AvgIpc) is 3.26. The minimum atomic E-state index is -1.34. The summed E-state index contributed by atoms with van der Waals surface area (Å²) in [4.78, 5) is 43.9. The Morgan fingerprint density at radius 1 is 1.24 bits per heavy atom. The summed E-state index contributed by atoms with van der Waals surface area (Å²) < 4.78 is 6.35. The molecule has 1 aromatic carbocycles. The number of aryl methyl sites for hydroxylation is 1. The van der Waals surface area contributed by atoms with Crippen molar-refractivity contribution in [3.05, 3.63) is 58.9 Å². The lowest BCUT2D eigenvalue weighted by Gasteiger charge is -2.07. The molecule has 0 spiro atoms. The Morgan fingerprint density at radius 2 is 2.03 bits per heavy atom. The number of primary amides is 1. The third-order valence-corrected chi connectivity index (χ3v) is 4.20. The molecular weight excluding hydrogens is 380 g/mol. The number of aromatic carboxylic acids is 1. The zero-order valence-corrected chi connectivity index (χ0v) is 15.0. The molecule has 2 amide bonds. The van der Waals surface area contributed by atoms with Crippen molar-refractivity contribution in [3.8, 4) is 0 Å². The SMILES string of the molecule is Cc1nc2cc(CNC(=O)c3cc(C(=O)O)n4ncc(C(N)=O)c4n3)ccc2o1. The van der Waals surface area contributed by atoms with Crippen LogP contribution >= 0.6 is 0 Å². The lowest BCUT2D eigenvalue weighted by atomic mass is 10.2. The van der Waals surface area contributed by atoms with E-state index in [0.717, 1.165) is 22.3 Å². The lowest BCUT2D eigenvalue weighted by Crippen LogP contribution is -2.25. The van der Waals surface area contributed by atoms with Crippen LogP contribution in [0.1, 0.15) is 42.8 Å². The van der Waals surface area contributed by atoms with Gasteiger partial charge in [0, 0.05) is 19.5 Å². The number of hydrogen-bond acceptors (Lipinski definition) is 7. The van der Waals surface area contributed by atoms with E-state index in [0.29, 0.717) is 17.0 Å². The van der Waals surface area contributed by atoms with Gasteiger partial charge in [-0.05, 0) is 17.7 Å². The van der Waals surface area contributed by atoms with Crippen molar-refractivity contribution in [3.63, 3.8) is 0 Å². The maximum atomic E-state index is 12.6. The number of aromatic nitrogens is 4. The average molecular weight is 394 g/mol. The Morgan fingerprint density at radius 3 is 2.76 bits per heavy atom. The fourth-order valence-corrected chi connectivity index (χ4v) is 2.88. The van der Waals surface area contributed by atoms with Gasteiger partial charge in [0.2, 0.25) is 0 Å². The van der Waals surface area contributed by atoms with Crippen molar-refractivity contribution in [1.82, 2.24) is 24.9 Å². The van der Waals surface area contributed by atoms with Gasteiger partial charge in [-0.2, -0.15) is 5.10 Å². The molecule has 0 bridgehead atoms. The van der Waals surface area contributed by atoms with Crippen molar-refractivity contribution < 1.29 is 23.9 Å². The van der Waals surface area contributed by atoms with Crippen LogP contribution in [0.2, 0.25) is 0 Å². The smallest absolute Gasteiger partial charge is 0.354 e. The predicted molar refractivity (Wildman–Crippen MR) is 98.4 cm³/mol. The molecule has 146 valence electrons. The van der Waals surface area contributed by atoms with Gasteiger partial charge in [-0.25, -0.2) is 19.3 Å². The molecule has 0 saturated carbocycles. The monoisotopic (exact) mass is 394 g/mol. The van der Waals surface area contributed by atoms with Gasteiger partial charge >= 0.3 is 5.97 Å². The number of nitrogens with one attached hydrogen (secondary N) is 1. The number of carboxylic acids is 1. The van der Waals surface area contributed by atoms with E-state index in [2.05, 4.69) is 20.4 Å². The zero-order chi connectivity index (χ0) is 20.7. The molecule has 4 rings (SSSR count). The Hall–Kier alpha value is -4.28. The fraction of sp³-hybridized carbons (Fsp3) is 0.111. The summed E-state index contributed by atoms with van der Waals surface area (Å²) in [7, 11) is 0. The standard InChI is InChI=1S/C18H14N6O5/c1-8-22-11-4-9(2-3-14(11)29-8)6-20-17(26)12-5-13(18(27)28)24-16(23-12)10(7-21-24)15(19)25/h2-5,7H,6H2,1H3,(H2,19,25)(H,20,26)(H,27,28). The van der Waals surface area contributed by atoms with Crippen LogP contribution in [-0.4, -0.2) is 42.5 Å². The second-order valence-corrected chi connectivity index (χ2v) is 6.21. The van der Waals surface area contributed by atoms with Crippen molar-refractivity contribution in [2.75, 3.05) is 0 Å². The second kappa shape index (κ2) is 6.71. The summed E-state index contributed by atoms with van der Waals surface area (Å²) in [5.74, 6) is -2.26. The van der Waals surface area contributed by atoms with Crippen LogP contribution < -0.4 is 11.1 Å². The molecular formula is C18H14N6O5. The second-order valence-electron chi connectivity index (χ2n) is 6.21. The van der Waals surface area contributed by atoms with Crippen molar-refractivity contribution in [2.24, 2.45) is 5.73 Å². The molecule has 0 saturated heterocycles. The highest BCUT2D eigenvalue weighted by Crippen LogP contribution is 2.17. The number of nitrogens with zero attached hydrogens (tertiary/aromatic N) is 4. The number of fused-ring (bicyclic) bond motifs is 2. The normalized spacial score (nSPS) is 11.1. The molecule has 29 heavy (non-hydrogen) atoms. The van der Waals surface area contributed by atoms with Crippen molar-refractivity contribution in [1.29, 1.82) is 0 Å². The molecule has 11 nitrogen and oxygen atoms in total. The Balaban J connectivity index is 1.64. The first kappa shape index (κ1) is 18.1. The summed E-state index contributed by atoms with van der Waals surface area (Å²) in [6.45, 7) is 1.89. The van der Waals surface area contributed by atoms with Crippen LogP contribution in [0, 0.1) is 6.92 Å². The molecule has 0 fully saturated rings. The van der Waals surface area contributed by atoms with Crippen molar-refractivity contribution in [2.45, 2.75) is 13.5 Å². The van der Waals surface area contributed by atoms with Crippen LogP contribution in [0.15, 0.2) is 34.9 Å². The van der Waals surface area contributed by atoms with E-state index in [1.165, 1.54) is 0 Å². The number of carbonyl (C=O) groups excluding carboxylic acids is 2. The van der Waals surface area contributed by atoms with Crippen LogP contribution in [0.5, 0.6) is 0 Å². The minimum absolute atomic E-state index is 0.0889. The first-order valence-electron chi connectivity index (χ1n) is 8.39. The lowest BCUT2D eigenvalue weighted by molar-refractivity contribution is 0.0686. The van der Waals surface area contributed by atoms with E-state index in [-0.39, 0.29) is 29.1 Å². The van der Waals surface area contributed by atoms with Gasteiger partial charge in [0.25, 0.3) is 11.8 Å². The van der Waals surface area contributed by atoms with Crippen LogP contribution in [0.25, 0.3) is 16.7 Å². The number of oxazole rings is 1. The predicted octanol–water partition coefficient (Wildman–Crippen LogP) is 0.906. The molecule has 3 heterocycles. The van der Waals surface area contributed by atoms with Crippen LogP contribution in [0.4, 0.5) is 0 Å². The van der Waals surface area contributed by atoms with Crippen LogP contribution in [-0.2, 0) is 6.54 Å². The highest BCUT2D eigenvalue weighted by Gasteiger charge is 2.21. The number of nitrogens with two attached hydrogens (primary N) is 1. The Labute approximate surface area is 162 Å². The quantitative estimate of drug-likeness (QED) is 0.449. The molecule has 3 aromatic heterocycles. The largest absolute Gasteiger partial charge is 0.477 e. The van der Waals surface area contributed by atoms with E-state index >= 15 is 0 Å². The summed E-state index contributed by atoms with van der Waals surface area (Å²) >= 11 is 0. The molecule has 0 aliphatic rings. The third-order valence-electron chi connectivity index (χ3n) is 4.20. The maximum Gasteiger partial charge on any atom is 0.354 e. The van der Waals surface area contributed by atoms with Gasteiger partial charge in [-0.3, -0.25) is 9.59 Å².